The number of nitrogens with one attached hydrogen (secondary N) is 2. The normalized spacial score (nSPS) is 9.83. The molecule has 1 amide bonds. The molecule has 0 radical (unpaired) electrons. The van der Waals surface area contributed by atoms with Gasteiger partial charge in [-0.3, -0.25) is 14.9 Å². The minimum atomic E-state index is -0.549. The molecule has 7 heteroatoms. The Bertz CT molecular complexity index is 448. The van der Waals surface area contributed by atoms with Crippen LogP contribution in [0.2, 0.25) is 0 Å². The molecule has 7 nitrogen and oxygen atoms in total. The predicted octanol–water partition coefficient (Wildman–Crippen LogP) is 1.12. The highest BCUT2D eigenvalue weighted by Crippen LogP contribution is 2.24. The zero-order valence-electron chi connectivity index (χ0n) is 10.1. The van der Waals surface area contributed by atoms with Crippen LogP contribution in [-0.2, 0) is 4.79 Å². The summed E-state index contributed by atoms with van der Waals surface area (Å²) < 4.78 is 0. The van der Waals surface area contributed by atoms with Gasteiger partial charge in [-0.25, -0.2) is 0 Å². The Kier molecular flexibility index (Phi) is 4.91. The Morgan fingerprint density at radius 3 is 2.78 bits per heavy atom. The van der Waals surface area contributed by atoms with Crippen LogP contribution >= 0.6 is 0 Å². The molecule has 0 unspecified atom stereocenters. The molecule has 0 saturated carbocycles. The lowest BCUT2D eigenvalue weighted by Gasteiger charge is -2.07. The van der Waals surface area contributed by atoms with E-state index in [0.717, 1.165) is 6.42 Å². The number of nitrogens with two attached hydrogens (primary N) is 1. The molecule has 98 valence electrons. The van der Waals surface area contributed by atoms with Gasteiger partial charge in [-0.2, -0.15) is 0 Å². The van der Waals surface area contributed by atoms with Gasteiger partial charge in [0.1, 0.15) is 5.69 Å². The highest BCUT2D eigenvalue weighted by molar-refractivity contribution is 5.81. The quantitative estimate of drug-likeness (QED) is 0.399. The third-order valence-electron chi connectivity index (χ3n) is 2.25. The van der Waals surface area contributed by atoms with Crippen molar-refractivity contribution in [1.82, 2.24) is 5.32 Å². The summed E-state index contributed by atoms with van der Waals surface area (Å²) in [6.45, 7) is 2.70. The van der Waals surface area contributed by atoms with E-state index in [4.69, 9.17) is 5.73 Å². The summed E-state index contributed by atoms with van der Waals surface area (Å²) in [5, 5.41) is 16.1. The molecule has 0 fully saturated rings. The fraction of sp³-hybridized carbons (Fsp3) is 0.364. The average Bonchev–Trinajstić information content (AvgIpc) is 2.33. The van der Waals surface area contributed by atoms with Crippen molar-refractivity contribution in [3.8, 4) is 0 Å². The molecular weight excluding hydrogens is 236 g/mol. The van der Waals surface area contributed by atoms with Crippen LogP contribution in [0.1, 0.15) is 13.3 Å². The van der Waals surface area contributed by atoms with Crippen LogP contribution in [0.15, 0.2) is 18.2 Å². The number of nitrogen functional groups attached to an aromatic ring is 1. The summed E-state index contributed by atoms with van der Waals surface area (Å²) >= 11 is 0. The highest BCUT2D eigenvalue weighted by atomic mass is 16.6. The summed E-state index contributed by atoms with van der Waals surface area (Å²) in [6, 6.07) is 4.26. The van der Waals surface area contributed by atoms with Gasteiger partial charge in [0.25, 0.3) is 5.69 Å². The molecule has 4 N–H and O–H groups in total. The second kappa shape index (κ2) is 6.43. The first-order chi connectivity index (χ1) is 8.54. The fourth-order valence-electron chi connectivity index (χ4n) is 1.34. The van der Waals surface area contributed by atoms with Gasteiger partial charge in [-0.15, -0.1) is 0 Å². The van der Waals surface area contributed by atoms with Gasteiger partial charge in [0, 0.05) is 18.3 Å². The lowest BCUT2D eigenvalue weighted by molar-refractivity contribution is -0.383. The first-order valence-corrected chi connectivity index (χ1v) is 5.59. The minimum Gasteiger partial charge on any atom is -0.393 e. The number of carbonyl (C=O) groups is 1. The molecule has 0 aromatic heterocycles. The largest absolute Gasteiger partial charge is 0.393 e. The maximum absolute atomic E-state index is 11.3. The van der Waals surface area contributed by atoms with E-state index in [0.29, 0.717) is 12.2 Å². The van der Waals surface area contributed by atoms with Gasteiger partial charge < -0.3 is 16.4 Å². The van der Waals surface area contributed by atoms with Crippen LogP contribution in [-0.4, -0.2) is 23.9 Å². The Labute approximate surface area is 105 Å². The van der Waals surface area contributed by atoms with Crippen molar-refractivity contribution < 1.29 is 9.72 Å². The van der Waals surface area contributed by atoms with E-state index in [9.17, 15) is 14.9 Å². The fourth-order valence-corrected chi connectivity index (χ4v) is 1.34. The number of nitro benzene ring substituents is 1. The first kappa shape index (κ1) is 13.8. The number of carbonyl (C=O) groups excluding carboxylic acids is 1. The van der Waals surface area contributed by atoms with E-state index in [2.05, 4.69) is 10.6 Å². The molecule has 0 aliphatic rings. The topological polar surface area (TPSA) is 110 Å². The van der Waals surface area contributed by atoms with Crippen LogP contribution in [0.4, 0.5) is 17.1 Å². The number of nitrogens with zero attached hydrogens (tertiary/aromatic N) is 1. The van der Waals surface area contributed by atoms with E-state index in [-0.39, 0.29) is 23.8 Å². The van der Waals surface area contributed by atoms with Crippen LogP contribution < -0.4 is 16.4 Å². The number of anilines is 2. The summed E-state index contributed by atoms with van der Waals surface area (Å²) in [5.41, 5.74) is 6.03. The molecule has 18 heavy (non-hydrogen) atoms. The van der Waals surface area contributed by atoms with Crippen LogP contribution in [0.5, 0.6) is 0 Å². The number of nitro groups is 1. The van der Waals surface area contributed by atoms with Crippen molar-refractivity contribution in [2.24, 2.45) is 0 Å². The Hall–Kier alpha value is -2.31. The maximum Gasteiger partial charge on any atom is 0.292 e. The van der Waals surface area contributed by atoms with E-state index in [1.165, 1.54) is 18.2 Å². The van der Waals surface area contributed by atoms with Crippen molar-refractivity contribution in [2.75, 3.05) is 24.1 Å². The van der Waals surface area contributed by atoms with E-state index in [1.54, 1.807) is 0 Å². The molecule has 1 aromatic rings. The summed E-state index contributed by atoms with van der Waals surface area (Å²) in [6.07, 6.45) is 0.871. The Morgan fingerprint density at radius 2 is 2.22 bits per heavy atom. The van der Waals surface area contributed by atoms with Crippen LogP contribution in [0.25, 0.3) is 0 Å². The third kappa shape index (κ3) is 3.93. The number of amides is 1. The summed E-state index contributed by atoms with van der Waals surface area (Å²) in [5.74, 6) is -0.131. The van der Waals surface area contributed by atoms with E-state index in [1.807, 2.05) is 6.92 Å². The smallest absolute Gasteiger partial charge is 0.292 e. The number of hydrogen-bond donors (Lipinski definition) is 3. The lowest BCUT2D eigenvalue weighted by Crippen LogP contribution is -2.30. The van der Waals surface area contributed by atoms with Gasteiger partial charge in [-0.1, -0.05) is 6.92 Å². The van der Waals surface area contributed by atoms with Crippen LogP contribution in [0.3, 0.4) is 0 Å². The Morgan fingerprint density at radius 1 is 1.50 bits per heavy atom. The molecule has 0 heterocycles. The minimum absolute atomic E-state index is 0.0685. The second-order valence-corrected chi connectivity index (χ2v) is 3.73. The SMILES string of the molecule is CCCNC(=O)CNc1ccc([N+](=O)[O-])c(N)c1. The predicted molar refractivity (Wildman–Crippen MR) is 69.3 cm³/mol. The van der Waals surface area contributed by atoms with Gasteiger partial charge in [-0.05, 0) is 18.6 Å². The maximum atomic E-state index is 11.3. The average molecular weight is 252 g/mol. The Balaban J connectivity index is 2.56. The molecule has 0 spiro atoms. The van der Waals surface area contributed by atoms with Gasteiger partial charge in [0.15, 0.2) is 0 Å². The second-order valence-electron chi connectivity index (χ2n) is 3.73. The standard InChI is InChI=1S/C11H16N4O3/c1-2-5-13-11(16)7-14-8-3-4-10(15(17)18)9(12)6-8/h3-4,6,14H,2,5,7,12H2,1H3,(H,13,16). The molecule has 0 saturated heterocycles. The molecule has 0 aliphatic carbocycles. The number of benzene rings is 1. The van der Waals surface area contributed by atoms with Crippen molar-refractivity contribution in [3.05, 3.63) is 28.3 Å². The van der Waals surface area contributed by atoms with Crippen LogP contribution in [0, 0.1) is 10.1 Å². The molecule has 1 rings (SSSR count). The van der Waals surface area contributed by atoms with Gasteiger partial charge in [0.2, 0.25) is 5.91 Å². The molecule has 0 atom stereocenters. The van der Waals surface area contributed by atoms with Crippen molar-refractivity contribution in [3.63, 3.8) is 0 Å². The van der Waals surface area contributed by atoms with Crippen molar-refractivity contribution in [2.45, 2.75) is 13.3 Å². The molecule has 0 aliphatic heterocycles. The summed E-state index contributed by atoms with van der Waals surface area (Å²) in [7, 11) is 0. The van der Waals surface area contributed by atoms with Crippen molar-refractivity contribution in [1.29, 1.82) is 0 Å². The highest BCUT2D eigenvalue weighted by Gasteiger charge is 2.11. The molecular formula is C11H16N4O3. The lowest BCUT2D eigenvalue weighted by atomic mass is 10.2. The number of hydrogen-bond acceptors (Lipinski definition) is 5. The van der Waals surface area contributed by atoms with Gasteiger partial charge in [0.05, 0.1) is 11.5 Å². The van der Waals surface area contributed by atoms with Crippen molar-refractivity contribution >= 4 is 23.0 Å². The monoisotopic (exact) mass is 252 g/mol. The number of rotatable bonds is 6. The third-order valence-corrected chi connectivity index (χ3v) is 2.25. The summed E-state index contributed by atoms with van der Waals surface area (Å²) in [4.78, 5) is 21.3. The zero-order chi connectivity index (χ0) is 13.5. The molecule has 1 aromatic carbocycles. The zero-order valence-corrected chi connectivity index (χ0v) is 10.1. The molecule has 0 bridgehead atoms. The van der Waals surface area contributed by atoms with E-state index >= 15 is 0 Å². The first-order valence-electron chi connectivity index (χ1n) is 5.59. The van der Waals surface area contributed by atoms with Gasteiger partial charge >= 0.3 is 0 Å². The van der Waals surface area contributed by atoms with E-state index < -0.39 is 4.92 Å².